The van der Waals surface area contributed by atoms with Gasteiger partial charge in [0.1, 0.15) is 0 Å². The second-order valence-corrected chi connectivity index (χ2v) is 5.42. The van der Waals surface area contributed by atoms with Crippen molar-refractivity contribution in [2.75, 3.05) is 25.2 Å². The van der Waals surface area contributed by atoms with Crippen molar-refractivity contribution in [3.05, 3.63) is 23.6 Å². The molecule has 114 valence electrons. The Morgan fingerprint density at radius 2 is 2.05 bits per heavy atom. The average molecular weight is 283 g/mol. The third-order valence-corrected chi connectivity index (χ3v) is 3.08. The van der Waals surface area contributed by atoms with Crippen LogP contribution in [0.25, 0.3) is 0 Å². The molecule has 0 fully saturated rings. The molecule has 1 aromatic heterocycles. The zero-order valence-corrected chi connectivity index (χ0v) is 13.1. The minimum Gasteiger partial charge on any atom is -0.383 e. The predicted octanol–water partition coefficient (Wildman–Crippen LogP) is 2.58. The molecule has 20 heavy (non-hydrogen) atoms. The lowest BCUT2D eigenvalue weighted by Gasteiger charge is -2.28. The molecule has 0 saturated heterocycles. The maximum atomic E-state index is 14.6. The van der Waals surface area contributed by atoms with Crippen molar-refractivity contribution in [3.63, 3.8) is 0 Å². The fourth-order valence-electron chi connectivity index (χ4n) is 1.92. The summed E-state index contributed by atoms with van der Waals surface area (Å²) in [7, 11) is 1.64. The molecule has 0 aliphatic carbocycles. The van der Waals surface area contributed by atoms with Gasteiger partial charge in [-0.2, -0.15) is 0 Å². The monoisotopic (exact) mass is 283 g/mol. The van der Waals surface area contributed by atoms with Gasteiger partial charge >= 0.3 is 0 Å². The van der Waals surface area contributed by atoms with Gasteiger partial charge in [-0.1, -0.05) is 13.8 Å². The maximum Gasteiger partial charge on any atom is 0.170 e. The summed E-state index contributed by atoms with van der Waals surface area (Å²) in [6.45, 7) is 9.81. The van der Waals surface area contributed by atoms with Crippen LogP contribution in [0.4, 0.5) is 10.2 Å². The van der Waals surface area contributed by atoms with E-state index in [2.05, 4.69) is 10.3 Å². The minimum atomic E-state index is -0.245. The Morgan fingerprint density at radius 1 is 1.35 bits per heavy atom. The van der Waals surface area contributed by atoms with Crippen LogP contribution in [-0.2, 0) is 11.3 Å². The van der Waals surface area contributed by atoms with Gasteiger partial charge < -0.3 is 15.0 Å². The van der Waals surface area contributed by atoms with E-state index in [-0.39, 0.29) is 11.9 Å². The molecule has 0 saturated carbocycles. The fourth-order valence-corrected chi connectivity index (χ4v) is 1.92. The number of nitrogens with one attached hydrogen (secondary N) is 1. The van der Waals surface area contributed by atoms with Gasteiger partial charge in [0.2, 0.25) is 0 Å². The minimum absolute atomic E-state index is 0.167. The molecule has 0 unspecified atom stereocenters. The molecule has 0 aliphatic rings. The average Bonchev–Trinajstić information content (AvgIpc) is 2.39. The van der Waals surface area contributed by atoms with Crippen molar-refractivity contribution < 1.29 is 9.13 Å². The molecule has 0 bridgehead atoms. The van der Waals surface area contributed by atoms with Crippen molar-refractivity contribution >= 4 is 5.82 Å². The maximum absolute atomic E-state index is 14.6. The van der Waals surface area contributed by atoms with E-state index < -0.39 is 0 Å². The molecule has 0 spiro atoms. The van der Waals surface area contributed by atoms with Gasteiger partial charge in [-0.3, -0.25) is 0 Å². The van der Waals surface area contributed by atoms with E-state index in [9.17, 15) is 4.39 Å². The number of nitrogens with zero attached hydrogens (tertiary/aromatic N) is 2. The quantitative estimate of drug-likeness (QED) is 0.795. The summed E-state index contributed by atoms with van der Waals surface area (Å²) in [5, 5.41) is 3.23. The summed E-state index contributed by atoms with van der Waals surface area (Å²) >= 11 is 0. The largest absolute Gasteiger partial charge is 0.383 e. The van der Waals surface area contributed by atoms with Crippen LogP contribution in [0.5, 0.6) is 0 Å². The molecule has 4 nitrogen and oxygen atoms in total. The molecular weight excluding hydrogens is 257 g/mol. The second-order valence-electron chi connectivity index (χ2n) is 5.42. The van der Waals surface area contributed by atoms with Crippen LogP contribution in [-0.4, -0.2) is 37.3 Å². The zero-order chi connectivity index (χ0) is 15.1. The van der Waals surface area contributed by atoms with Gasteiger partial charge in [-0.25, -0.2) is 9.37 Å². The molecule has 1 aromatic rings. The van der Waals surface area contributed by atoms with Crippen molar-refractivity contribution in [2.24, 2.45) is 0 Å². The van der Waals surface area contributed by atoms with Crippen LogP contribution in [0.15, 0.2) is 12.3 Å². The second kappa shape index (κ2) is 8.17. The summed E-state index contributed by atoms with van der Waals surface area (Å²) in [6, 6.07) is 2.21. The summed E-state index contributed by atoms with van der Waals surface area (Å²) in [4.78, 5) is 6.14. The summed E-state index contributed by atoms with van der Waals surface area (Å²) in [5.41, 5.74) is 0.645. The summed E-state index contributed by atoms with van der Waals surface area (Å²) in [5.74, 6) is 0.158. The fraction of sp³-hybridized carbons (Fsp3) is 0.667. The topological polar surface area (TPSA) is 37.4 Å². The van der Waals surface area contributed by atoms with Crippen LogP contribution in [0.2, 0.25) is 0 Å². The number of anilines is 1. The summed E-state index contributed by atoms with van der Waals surface area (Å²) < 4.78 is 19.7. The van der Waals surface area contributed by atoms with Crippen molar-refractivity contribution in [1.82, 2.24) is 10.3 Å². The Bertz CT molecular complexity index is 410. The lowest BCUT2D eigenvalue weighted by molar-refractivity contribution is 0.203. The Balaban J connectivity index is 2.94. The number of pyridine rings is 1. The SMILES string of the molecule is COCCN(c1nccc(CNC(C)C)c1F)C(C)C. The highest BCUT2D eigenvalue weighted by molar-refractivity contribution is 5.44. The van der Waals surface area contributed by atoms with Crippen molar-refractivity contribution in [3.8, 4) is 0 Å². The molecule has 0 aliphatic heterocycles. The van der Waals surface area contributed by atoms with Gasteiger partial charge in [0.15, 0.2) is 11.6 Å². The van der Waals surface area contributed by atoms with E-state index in [1.54, 1.807) is 19.4 Å². The molecule has 0 amide bonds. The molecular formula is C15H26FN3O. The van der Waals surface area contributed by atoms with Crippen molar-refractivity contribution in [2.45, 2.75) is 46.3 Å². The third kappa shape index (κ3) is 4.72. The smallest absolute Gasteiger partial charge is 0.170 e. The van der Waals surface area contributed by atoms with E-state index in [4.69, 9.17) is 4.74 Å². The Kier molecular flexibility index (Phi) is 6.88. The first-order chi connectivity index (χ1) is 9.47. The first kappa shape index (κ1) is 16.9. The van der Waals surface area contributed by atoms with Crippen LogP contribution in [0.3, 0.4) is 0 Å². The van der Waals surface area contributed by atoms with E-state index in [1.807, 2.05) is 32.6 Å². The van der Waals surface area contributed by atoms with Crippen LogP contribution in [0.1, 0.15) is 33.3 Å². The Hall–Kier alpha value is -1.20. The molecule has 0 atom stereocenters. The highest BCUT2D eigenvalue weighted by Crippen LogP contribution is 2.21. The van der Waals surface area contributed by atoms with Gasteiger partial charge in [-0.15, -0.1) is 0 Å². The molecule has 1 heterocycles. The molecule has 0 radical (unpaired) electrons. The standard InChI is InChI=1S/C15H26FN3O/c1-11(2)18-10-13-6-7-17-15(14(13)16)19(12(3)4)8-9-20-5/h6-7,11-12,18H,8-10H2,1-5H3. The molecule has 0 aromatic carbocycles. The third-order valence-electron chi connectivity index (χ3n) is 3.08. The van der Waals surface area contributed by atoms with Crippen LogP contribution in [0, 0.1) is 5.82 Å². The van der Waals surface area contributed by atoms with Gasteiger partial charge in [-0.05, 0) is 19.9 Å². The predicted molar refractivity (Wildman–Crippen MR) is 80.5 cm³/mol. The number of hydrogen-bond donors (Lipinski definition) is 1. The van der Waals surface area contributed by atoms with E-state index in [0.29, 0.717) is 37.1 Å². The van der Waals surface area contributed by atoms with Gasteiger partial charge in [0, 0.05) is 44.0 Å². The number of ether oxygens (including phenoxy) is 1. The molecule has 1 N–H and O–H groups in total. The zero-order valence-electron chi connectivity index (χ0n) is 13.1. The molecule has 1 rings (SSSR count). The lowest BCUT2D eigenvalue weighted by atomic mass is 10.2. The first-order valence-electron chi connectivity index (χ1n) is 7.09. The van der Waals surface area contributed by atoms with Crippen LogP contribution < -0.4 is 10.2 Å². The number of aromatic nitrogens is 1. The number of methoxy groups -OCH3 is 1. The Morgan fingerprint density at radius 3 is 2.60 bits per heavy atom. The highest BCUT2D eigenvalue weighted by atomic mass is 19.1. The Labute approximate surface area is 121 Å². The van der Waals surface area contributed by atoms with Crippen molar-refractivity contribution in [1.29, 1.82) is 0 Å². The van der Waals surface area contributed by atoms with E-state index in [1.165, 1.54) is 0 Å². The lowest BCUT2D eigenvalue weighted by Crippen LogP contribution is -2.35. The number of halogens is 1. The highest BCUT2D eigenvalue weighted by Gasteiger charge is 2.18. The first-order valence-corrected chi connectivity index (χ1v) is 7.09. The van der Waals surface area contributed by atoms with Gasteiger partial charge in [0.25, 0.3) is 0 Å². The van der Waals surface area contributed by atoms with E-state index >= 15 is 0 Å². The summed E-state index contributed by atoms with van der Waals surface area (Å²) in [6.07, 6.45) is 1.66. The number of hydrogen-bond acceptors (Lipinski definition) is 4. The number of rotatable bonds is 8. The molecule has 5 heteroatoms. The van der Waals surface area contributed by atoms with Gasteiger partial charge in [0.05, 0.1) is 6.61 Å². The van der Waals surface area contributed by atoms with Crippen LogP contribution >= 0.6 is 0 Å². The van der Waals surface area contributed by atoms with E-state index in [0.717, 1.165) is 0 Å². The normalized spacial score (nSPS) is 11.4.